The molecule has 1 nitrogen and oxygen atoms in total. The van der Waals surface area contributed by atoms with Crippen LogP contribution in [-0.2, 0) is 0 Å². The predicted molar refractivity (Wildman–Crippen MR) is 98.1 cm³/mol. The largest absolute Gasteiger partial charge is 0.463 e. The highest BCUT2D eigenvalue weighted by Crippen LogP contribution is 2.44. The van der Waals surface area contributed by atoms with Crippen molar-refractivity contribution in [3.05, 3.63) is 29.8 Å². The molecule has 0 aromatic heterocycles. The van der Waals surface area contributed by atoms with E-state index in [0.29, 0.717) is 11.7 Å². The van der Waals surface area contributed by atoms with E-state index in [9.17, 15) is 4.39 Å². The van der Waals surface area contributed by atoms with Crippen molar-refractivity contribution in [2.75, 3.05) is 6.86 Å². The van der Waals surface area contributed by atoms with Gasteiger partial charge in [0.1, 0.15) is 5.75 Å². The van der Waals surface area contributed by atoms with Gasteiger partial charge in [0.15, 0.2) is 0 Å². The molecule has 0 spiro atoms. The Morgan fingerprint density at radius 2 is 1.46 bits per heavy atom. The van der Waals surface area contributed by atoms with Crippen molar-refractivity contribution in [1.29, 1.82) is 0 Å². The van der Waals surface area contributed by atoms with Crippen LogP contribution in [0.4, 0.5) is 4.39 Å². The Bertz CT molecular complexity index is 467. The first-order chi connectivity index (χ1) is 11.8. The Morgan fingerprint density at radius 3 is 2.00 bits per heavy atom. The number of benzene rings is 1. The molecular formula is C22H33FO. The summed E-state index contributed by atoms with van der Waals surface area (Å²) >= 11 is 0. The molecule has 0 saturated heterocycles. The van der Waals surface area contributed by atoms with Crippen molar-refractivity contribution in [1.82, 2.24) is 0 Å². The van der Waals surface area contributed by atoms with E-state index in [-0.39, 0.29) is 0 Å². The Kier molecular flexibility index (Phi) is 6.57. The lowest BCUT2D eigenvalue weighted by Crippen LogP contribution is -2.25. The molecule has 0 amide bonds. The summed E-state index contributed by atoms with van der Waals surface area (Å²) in [6.07, 6.45) is 14.2. The summed E-state index contributed by atoms with van der Waals surface area (Å²) < 4.78 is 17.1. The first-order valence-corrected chi connectivity index (χ1v) is 10.1. The van der Waals surface area contributed by atoms with Gasteiger partial charge in [0.2, 0.25) is 6.86 Å². The summed E-state index contributed by atoms with van der Waals surface area (Å²) in [5.41, 5.74) is 1.41. The van der Waals surface area contributed by atoms with Crippen molar-refractivity contribution < 1.29 is 9.13 Å². The molecule has 134 valence electrons. The topological polar surface area (TPSA) is 9.23 Å². The molecule has 3 rings (SSSR count). The van der Waals surface area contributed by atoms with Crippen LogP contribution < -0.4 is 4.74 Å². The Morgan fingerprint density at radius 1 is 0.875 bits per heavy atom. The Balaban J connectivity index is 1.45. The van der Waals surface area contributed by atoms with Gasteiger partial charge in [-0.1, -0.05) is 44.7 Å². The first-order valence-electron chi connectivity index (χ1n) is 10.1. The molecule has 2 fully saturated rings. The lowest BCUT2D eigenvalue weighted by molar-refractivity contribution is 0.156. The number of hydrogen-bond donors (Lipinski definition) is 0. The maximum absolute atomic E-state index is 12.2. The van der Waals surface area contributed by atoms with Gasteiger partial charge in [0.25, 0.3) is 0 Å². The highest BCUT2D eigenvalue weighted by Gasteiger charge is 2.31. The van der Waals surface area contributed by atoms with E-state index in [1.165, 1.54) is 69.8 Å². The number of ether oxygens (including phenoxy) is 1. The van der Waals surface area contributed by atoms with Crippen molar-refractivity contribution in [3.8, 4) is 5.75 Å². The summed E-state index contributed by atoms with van der Waals surface area (Å²) in [4.78, 5) is 0. The predicted octanol–water partition coefficient (Wildman–Crippen LogP) is 6.87. The Labute approximate surface area is 147 Å². The van der Waals surface area contributed by atoms with Gasteiger partial charge in [-0.15, -0.1) is 0 Å². The van der Waals surface area contributed by atoms with E-state index >= 15 is 0 Å². The van der Waals surface area contributed by atoms with Gasteiger partial charge in [0.05, 0.1) is 0 Å². The zero-order valence-electron chi connectivity index (χ0n) is 15.2. The third kappa shape index (κ3) is 4.52. The van der Waals surface area contributed by atoms with Gasteiger partial charge in [-0.25, -0.2) is 4.39 Å². The standard InChI is InChI=1S/C22H33FO/c1-2-3-17-4-6-18(7-5-17)19-8-10-20(11-9-19)21-12-14-22(15-13-21)24-16-23/h12-15,17-20H,2-11,16H2,1H3. The van der Waals surface area contributed by atoms with Gasteiger partial charge in [-0.2, -0.15) is 0 Å². The van der Waals surface area contributed by atoms with Crippen LogP contribution in [0.15, 0.2) is 24.3 Å². The third-order valence-electron chi connectivity index (χ3n) is 6.60. The molecule has 0 N–H and O–H groups in total. The van der Waals surface area contributed by atoms with Crippen LogP contribution in [0, 0.1) is 17.8 Å². The van der Waals surface area contributed by atoms with Crippen LogP contribution in [0.5, 0.6) is 5.75 Å². The number of alkyl halides is 1. The molecule has 2 aliphatic carbocycles. The monoisotopic (exact) mass is 332 g/mol. The van der Waals surface area contributed by atoms with E-state index in [2.05, 4.69) is 19.1 Å². The summed E-state index contributed by atoms with van der Waals surface area (Å²) in [6.45, 7) is 1.58. The van der Waals surface area contributed by atoms with Crippen LogP contribution in [0.2, 0.25) is 0 Å². The van der Waals surface area contributed by atoms with Crippen LogP contribution in [-0.4, -0.2) is 6.86 Å². The van der Waals surface area contributed by atoms with Gasteiger partial charge in [-0.3, -0.25) is 0 Å². The fourth-order valence-electron chi connectivity index (χ4n) is 5.18. The molecule has 0 bridgehead atoms. The van der Waals surface area contributed by atoms with Gasteiger partial charge >= 0.3 is 0 Å². The van der Waals surface area contributed by atoms with Crippen LogP contribution >= 0.6 is 0 Å². The molecule has 2 saturated carbocycles. The highest BCUT2D eigenvalue weighted by molar-refractivity contribution is 5.29. The van der Waals surface area contributed by atoms with Crippen LogP contribution in [0.3, 0.4) is 0 Å². The molecular weight excluding hydrogens is 299 g/mol. The van der Waals surface area contributed by atoms with E-state index in [4.69, 9.17) is 4.74 Å². The molecule has 1 aromatic carbocycles. The SMILES string of the molecule is CCCC1CCC(C2CCC(c3ccc(OCF)cc3)CC2)CC1. The molecule has 0 unspecified atom stereocenters. The fourth-order valence-corrected chi connectivity index (χ4v) is 5.18. The smallest absolute Gasteiger partial charge is 0.228 e. The normalized spacial score (nSPS) is 30.9. The first kappa shape index (κ1) is 17.8. The minimum Gasteiger partial charge on any atom is -0.463 e. The summed E-state index contributed by atoms with van der Waals surface area (Å²) in [7, 11) is 0. The molecule has 24 heavy (non-hydrogen) atoms. The zero-order chi connectivity index (χ0) is 16.8. The summed E-state index contributed by atoms with van der Waals surface area (Å²) in [5.74, 6) is 4.32. The lowest BCUT2D eigenvalue weighted by Gasteiger charge is -2.38. The van der Waals surface area contributed by atoms with Crippen molar-refractivity contribution >= 4 is 0 Å². The van der Waals surface area contributed by atoms with Crippen molar-refractivity contribution in [2.45, 2.75) is 77.0 Å². The number of rotatable bonds is 6. The molecule has 2 aliphatic rings. The zero-order valence-corrected chi connectivity index (χ0v) is 15.2. The van der Waals surface area contributed by atoms with Gasteiger partial charge in [-0.05, 0) is 79.9 Å². The molecule has 0 radical (unpaired) electrons. The number of halogens is 1. The van der Waals surface area contributed by atoms with E-state index in [0.717, 1.165) is 17.8 Å². The quantitative estimate of drug-likeness (QED) is 0.552. The van der Waals surface area contributed by atoms with E-state index in [1.54, 1.807) is 0 Å². The average molecular weight is 333 g/mol. The fraction of sp³-hybridized carbons (Fsp3) is 0.727. The maximum Gasteiger partial charge on any atom is 0.228 e. The van der Waals surface area contributed by atoms with E-state index in [1.807, 2.05) is 12.1 Å². The second kappa shape index (κ2) is 8.87. The third-order valence-corrected chi connectivity index (χ3v) is 6.60. The van der Waals surface area contributed by atoms with Crippen molar-refractivity contribution in [2.24, 2.45) is 17.8 Å². The minimum absolute atomic E-state index is 0.638. The van der Waals surface area contributed by atoms with Crippen LogP contribution in [0.1, 0.15) is 82.6 Å². The number of hydrogen-bond acceptors (Lipinski definition) is 1. The van der Waals surface area contributed by atoms with Gasteiger partial charge < -0.3 is 4.74 Å². The Hall–Kier alpha value is -1.05. The van der Waals surface area contributed by atoms with Crippen molar-refractivity contribution in [3.63, 3.8) is 0 Å². The molecule has 1 aromatic rings. The van der Waals surface area contributed by atoms with Gasteiger partial charge in [0, 0.05) is 0 Å². The maximum atomic E-state index is 12.2. The average Bonchev–Trinajstić information content (AvgIpc) is 2.64. The summed E-state index contributed by atoms with van der Waals surface area (Å²) in [6, 6.07) is 8.09. The molecule has 0 heterocycles. The molecule has 0 atom stereocenters. The van der Waals surface area contributed by atoms with Crippen LogP contribution in [0.25, 0.3) is 0 Å². The summed E-state index contributed by atoms with van der Waals surface area (Å²) in [5, 5.41) is 0. The minimum atomic E-state index is -0.745. The molecule has 0 aliphatic heterocycles. The highest BCUT2D eigenvalue weighted by atomic mass is 19.1. The van der Waals surface area contributed by atoms with E-state index < -0.39 is 6.86 Å². The molecule has 2 heteroatoms. The lowest BCUT2D eigenvalue weighted by atomic mass is 9.68. The second-order valence-corrected chi connectivity index (χ2v) is 8.00. The second-order valence-electron chi connectivity index (χ2n) is 8.00.